The highest BCUT2D eigenvalue weighted by Crippen LogP contribution is 2.59. The Hall–Kier alpha value is -2.34. The van der Waals surface area contributed by atoms with Gasteiger partial charge in [0.1, 0.15) is 11.5 Å². The van der Waals surface area contributed by atoms with E-state index in [1.165, 1.54) is 12.1 Å². The summed E-state index contributed by atoms with van der Waals surface area (Å²) >= 11 is 0. The van der Waals surface area contributed by atoms with Crippen molar-refractivity contribution < 1.29 is 57.8 Å². The Balaban J connectivity index is 2.58. The molecular formula is C17H11F11O2. The molecular weight excluding hydrogens is 445 g/mol. The van der Waals surface area contributed by atoms with Crippen LogP contribution in [0.3, 0.4) is 0 Å². The normalized spacial score (nSPS) is 18.4. The molecule has 0 radical (unpaired) electrons. The van der Waals surface area contributed by atoms with Gasteiger partial charge in [0.05, 0.1) is 0 Å². The van der Waals surface area contributed by atoms with Crippen molar-refractivity contribution in [1.29, 1.82) is 0 Å². The van der Waals surface area contributed by atoms with Crippen molar-refractivity contribution >= 4 is 5.78 Å². The van der Waals surface area contributed by atoms with E-state index in [4.69, 9.17) is 0 Å². The third kappa shape index (κ3) is 3.51. The van der Waals surface area contributed by atoms with Crippen molar-refractivity contribution in [2.75, 3.05) is 0 Å². The van der Waals surface area contributed by atoms with E-state index in [1.54, 1.807) is 0 Å². The molecule has 1 unspecified atom stereocenters. The Morgan fingerprint density at radius 1 is 0.867 bits per heavy atom. The lowest BCUT2D eigenvalue weighted by Gasteiger charge is -2.38. The topological polar surface area (TPSA) is 26.3 Å². The van der Waals surface area contributed by atoms with Gasteiger partial charge in [-0.1, -0.05) is 18.2 Å². The molecule has 0 spiro atoms. The molecule has 0 saturated heterocycles. The third-order valence-corrected chi connectivity index (χ3v) is 4.25. The van der Waals surface area contributed by atoms with Crippen molar-refractivity contribution in [2.45, 2.75) is 49.1 Å². The van der Waals surface area contributed by atoms with E-state index >= 15 is 0 Å². The van der Waals surface area contributed by atoms with Gasteiger partial charge in [-0.05, 0) is 19.1 Å². The molecule has 0 bridgehead atoms. The minimum absolute atomic E-state index is 0.0166. The molecule has 0 amide bonds. The van der Waals surface area contributed by atoms with E-state index in [2.05, 4.69) is 4.74 Å². The molecule has 2 nitrogen and oxygen atoms in total. The second-order valence-electron chi connectivity index (χ2n) is 6.48. The zero-order valence-corrected chi connectivity index (χ0v) is 14.6. The molecule has 0 aromatic heterocycles. The number of para-hydroxylation sites is 1. The fourth-order valence-corrected chi connectivity index (χ4v) is 2.68. The minimum Gasteiger partial charge on any atom is -0.455 e. The number of carbonyl (C=O) groups is 1. The third-order valence-electron chi connectivity index (χ3n) is 4.25. The predicted octanol–water partition coefficient (Wildman–Crippen LogP) is 6.13. The highest BCUT2D eigenvalue weighted by atomic mass is 19.4. The summed E-state index contributed by atoms with van der Waals surface area (Å²) in [7, 11) is 0. The second-order valence-corrected chi connectivity index (χ2v) is 6.48. The number of ketones is 1. The van der Waals surface area contributed by atoms with Crippen LogP contribution in [-0.4, -0.2) is 35.6 Å². The first-order valence-corrected chi connectivity index (χ1v) is 7.94. The molecule has 168 valence electrons. The van der Waals surface area contributed by atoms with E-state index in [1.807, 2.05) is 0 Å². The quantitative estimate of drug-likeness (QED) is 0.482. The number of hydrogen-bond donors (Lipinski definition) is 0. The van der Waals surface area contributed by atoms with Crippen LogP contribution in [0.15, 0.2) is 36.1 Å². The van der Waals surface area contributed by atoms with Crippen molar-refractivity contribution in [1.82, 2.24) is 0 Å². The van der Waals surface area contributed by atoms with Crippen LogP contribution >= 0.6 is 0 Å². The van der Waals surface area contributed by atoms with Gasteiger partial charge in [0.15, 0.2) is 5.76 Å². The number of benzene rings is 1. The Labute approximate surface area is 161 Å². The molecule has 0 saturated carbocycles. The first-order valence-electron chi connectivity index (χ1n) is 7.94. The highest BCUT2D eigenvalue weighted by Gasteiger charge is 2.88. The second kappa shape index (κ2) is 7.12. The summed E-state index contributed by atoms with van der Waals surface area (Å²) < 4.78 is 150. The summed E-state index contributed by atoms with van der Waals surface area (Å²) in [6, 6.07) is 4.68. The zero-order chi connectivity index (χ0) is 23.3. The zero-order valence-electron chi connectivity index (χ0n) is 14.6. The summed E-state index contributed by atoms with van der Waals surface area (Å²) in [4.78, 5) is 11.3. The van der Waals surface area contributed by atoms with E-state index in [9.17, 15) is 53.1 Å². The number of hydrogen-bond acceptors (Lipinski definition) is 2. The molecule has 0 N–H and O–H groups in total. The van der Waals surface area contributed by atoms with Gasteiger partial charge in [-0.25, -0.2) is 0 Å². The van der Waals surface area contributed by atoms with Gasteiger partial charge in [-0.2, -0.15) is 48.3 Å². The molecule has 1 aliphatic heterocycles. The van der Waals surface area contributed by atoms with Crippen molar-refractivity contribution in [2.24, 2.45) is 0 Å². The lowest BCUT2D eigenvalue weighted by molar-refractivity contribution is -0.419. The Morgan fingerprint density at radius 2 is 1.40 bits per heavy atom. The minimum atomic E-state index is -7.54. The summed E-state index contributed by atoms with van der Waals surface area (Å²) in [6.07, 6.45) is -7.71. The summed E-state index contributed by atoms with van der Waals surface area (Å²) in [5, 5.41) is 0. The molecule has 1 heterocycles. The lowest BCUT2D eigenvalue weighted by Crippen LogP contribution is -2.67. The van der Waals surface area contributed by atoms with Gasteiger partial charge in [0.2, 0.25) is 0 Å². The van der Waals surface area contributed by atoms with Crippen molar-refractivity contribution in [3.8, 4) is 5.75 Å². The number of halogens is 11. The van der Waals surface area contributed by atoms with Crippen LogP contribution in [0.25, 0.3) is 0 Å². The maximum Gasteiger partial charge on any atom is 0.460 e. The lowest BCUT2D eigenvalue weighted by atomic mass is 9.88. The predicted molar refractivity (Wildman–Crippen MR) is 79.0 cm³/mol. The van der Waals surface area contributed by atoms with Crippen LogP contribution < -0.4 is 4.74 Å². The Kier molecular flexibility index (Phi) is 5.68. The fraction of sp³-hybridized carbons (Fsp3) is 0.471. The van der Waals surface area contributed by atoms with Crippen LogP contribution in [0.5, 0.6) is 5.75 Å². The monoisotopic (exact) mass is 456 g/mol. The number of Topliss-reactive ketones (excluding diaryl/α,β-unsaturated/α-hetero) is 1. The van der Waals surface area contributed by atoms with Gasteiger partial charge in [-0.3, -0.25) is 4.79 Å². The van der Waals surface area contributed by atoms with Gasteiger partial charge in [0, 0.05) is 17.9 Å². The summed E-state index contributed by atoms with van der Waals surface area (Å²) in [5.41, 5.74) is 0.0166. The molecule has 2 rings (SSSR count). The van der Waals surface area contributed by atoms with Crippen LogP contribution in [0.2, 0.25) is 0 Å². The van der Waals surface area contributed by atoms with Crippen LogP contribution in [0.4, 0.5) is 48.3 Å². The molecule has 1 aromatic carbocycles. The Bertz CT molecular complexity index is 856. The molecule has 13 heteroatoms. The number of fused-ring (bicyclic) bond motifs is 1. The van der Waals surface area contributed by atoms with Gasteiger partial charge >= 0.3 is 29.9 Å². The van der Waals surface area contributed by atoms with E-state index < -0.39 is 59.5 Å². The number of rotatable bonds is 6. The number of alkyl halides is 11. The summed E-state index contributed by atoms with van der Waals surface area (Å²) in [6.45, 7) is 0.996. The molecule has 0 fully saturated rings. The molecule has 1 atom stereocenters. The standard InChI is InChI=1S/C17H11F11O2/c1-8(29)6-9-7-12(30-11-5-3-2-4-10(9)11)13(18,19)14(20,21)15(22,23)16(24,25)17(26,27)28/h2-5,7,9H,6H2,1H3. The largest absolute Gasteiger partial charge is 0.460 e. The van der Waals surface area contributed by atoms with Crippen LogP contribution in [0, 0.1) is 0 Å². The average molecular weight is 456 g/mol. The van der Waals surface area contributed by atoms with E-state index in [0.29, 0.717) is 0 Å². The fourth-order valence-electron chi connectivity index (χ4n) is 2.68. The van der Waals surface area contributed by atoms with E-state index in [-0.39, 0.29) is 11.6 Å². The number of carbonyl (C=O) groups excluding carboxylic acids is 1. The SMILES string of the molecule is CC(=O)CC1C=C(C(F)(F)C(F)(F)C(F)(F)C(F)(F)C(F)(F)F)Oc2ccccc21. The number of ether oxygens (including phenoxy) is 1. The highest BCUT2D eigenvalue weighted by molar-refractivity contribution is 5.77. The first kappa shape index (κ1) is 23.9. The van der Waals surface area contributed by atoms with Crippen molar-refractivity contribution in [3.05, 3.63) is 41.7 Å². The summed E-state index contributed by atoms with van der Waals surface area (Å²) in [5.74, 6) is -33.5. The molecule has 1 aromatic rings. The average Bonchev–Trinajstić information content (AvgIpc) is 2.59. The van der Waals surface area contributed by atoms with Gasteiger partial charge < -0.3 is 4.74 Å². The van der Waals surface area contributed by atoms with Crippen LogP contribution in [-0.2, 0) is 4.79 Å². The first-order chi connectivity index (χ1) is 13.4. The molecule has 1 aliphatic rings. The Morgan fingerprint density at radius 3 is 1.90 bits per heavy atom. The maximum atomic E-state index is 14.3. The van der Waals surface area contributed by atoms with Crippen LogP contribution in [0.1, 0.15) is 24.8 Å². The van der Waals surface area contributed by atoms with E-state index in [0.717, 1.165) is 19.1 Å². The smallest absolute Gasteiger partial charge is 0.455 e. The number of allylic oxidation sites excluding steroid dienone is 2. The van der Waals surface area contributed by atoms with Crippen molar-refractivity contribution in [3.63, 3.8) is 0 Å². The molecule has 30 heavy (non-hydrogen) atoms. The molecule has 0 aliphatic carbocycles. The maximum absolute atomic E-state index is 14.3. The van der Waals surface area contributed by atoms with Gasteiger partial charge in [-0.15, -0.1) is 0 Å². The van der Waals surface area contributed by atoms with Gasteiger partial charge in [0.25, 0.3) is 0 Å².